The minimum Gasteiger partial charge on any atom is -0.382 e. The van der Waals surface area contributed by atoms with Gasteiger partial charge in [-0.15, -0.1) is 0 Å². The molecule has 0 aromatic heterocycles. The van der Waals surface area contributed by atoms with Crippen molar-refractivity contribution >= 4 is 5.91 Å². The Morgan fingerprint density at radius 2 is 1.88 bits per heavy atom. The number of amides is 1. The molecule has 2 fully saturated rings. The van der Waals surface area contributed by atoms with Gasteiger partial charge in [-0.1, -0.05) is 68.9 Å². The first-order valence-electron chi connectivity index (χ1n) is 14.3. The molecule has 4 heteroatoms. The molecule has 1 aliphatic heterocycles. The van der Waals surface area contributed by atoms with E-state index in [0.29, 0.717) is 30.1 Å². The summed E-state index contributed by atoms with van der Waals surface area (Å²) in [6, 6.07) is 11.0. The van der Waals surface area contributed by atoms with E-state index in [-0.39, 0.29) is 0 Å². The Morgan fingerprint density at radius 3 is 2.62 bits per heavy atom. The fraction of sp³-hybridized carbons (Fsp3) is 0.767. The van der Waals surface area contributed by atoms with Crippen LogP contribution in [0.15, 0.2) is 30.3 Å². The molecule has 1 saturated heterocycles. The van der Waals surface area contributed by atoms with Crippen LogP contribution >= 0.6 is 0 Å². The summed E-state index contributed by atoms with van der Waals surface area (Å²) in [6.07, 6.45) is 14.7. The smallest absolute Gasteiger partial charge is 0.222 e. The van der Waals surface area contributed by atoms with Crippen molar-refractivity contribution in [2.24, 2.45) is 17.8 Å². The van der Waals surface area contributed by atoms with Crippen molar-refractivity contribution in [3.63, 3.8) is 0 Å². The number of nitrogens with zero attached hydrogens (tertiary/aromatic N) is 1. The maximum atomic E-state index is 13.4. The lowest BCUT2D eigenvalue weighted by Crippen LogP contribution is -2.43. The monoisotopic (exact) mass is 470 g/mol. The van der Waals surface area contributed by atoms with Crippen molar-refractivity contribution < 1.29 is 9.53 Å². The van der Waals surface area contributed by atoms with Crippen LogP contribution in [-0.4, -0.2) is 50.7 Å². The van der Waals surface area contributed by atoms with Crippen molar-refractivity contribution in [3.05, 3.63) is 35.9 Å². The van der Waals surface area contributed by atoms with E-state index in [1.54, 1.807) is 0 Å². The number of unbranched alkanes of at least 4 members (excludes halogenated alkanes) is 1. The number of piperidine rings is 1. The molecule has 192 valence electrons. The van der Waals surface area contributed by atoms with E-state index in [9.17, 15) is 4.79 Å². The number of rotatable bonds is 14. The second-order valence-corrected chi connectivity index (χ2v) is 10.8. The Bertz CT molecular complexity index is 674. The molecule has 1 N–H and O–H groups in total. The van der Waals surface area contributed by atoms with Crippen LogP contribution in [0.5, 0.6) is 0 Å². The van der Waals surface area contributed by atoms with Crippen LogP contribution in [0, 0.1) is 17.8 Å². The van der Waals surface area contributed by atoms with Gasteiger partial charge in [0.2, 0.25) is 5.91 Å². The maximum Gasteiger partial charge on any atom is 0.222 e. The van der Waals surface area contributed by atoms with Crippen LogP contribution in [0.3, 0.4) is 0 Å². The molecular weight excluding hydrogens is 420 g/mol. The van der Waals surface area contributed by atoms with Gasteiger partial charge < -0.3 is 15.0 Å². The Kier molecular flexibility index (Phi) is 12.5. The number of hydrogen-bond acceptors (Lipinski definition) is 3. The molecule has 4 nitrogen and oxygen atoms in total. The van der Waals surface area contributed by atoms with Gasteiger partial charge in [0.05, 0.1) is 0 Å². The second-order valence-electron chi connectivity index (χ2n) is 10.8. The topological polar surface area (TPSA) is 41.6 Å². The maximum absolute atomic E-state index is 13.4. The summed E-state index contributed by atoms with van der Waals surface area (Å²) in [5.74, 6) is 2.79. The Labute approximate surface area is 209 Å². The highest BCUT2D eigenvalue weighted by Gasteiger charge is 2.31. The van der Waals surface area contributed by atoms with Crippen molar-refractivity contribution in [1.82, 2.24) is 10.2 Å². The minimum absolute atomic E-state index is 0.393. The van der Waals surface area contributed by atoms with Crippen LogP contribution in [-0.2, 0) is 9.53 Å². The van der Waals surface area contributed by atoms with Gasteiger partial charge in [-0.2, -0.15) is 0 Å². The fourth-order valence-corrected chi connectivity index (χ4v) is 6.45. The molecule has 1 heterocycles. The van der Waals surface area contributed by atoms with Gasteiger partial charge in [-0.25, -0.2) is 0 Å². The zero-order valence-electron chi connectivity index (χ0n) is 22.0. The molecule has 1 saturated carbocycles. The first-order chi connectivity index (χ1) is 16.7. The van der Waals surface area contributed by atoms with Crippen LogP contribution < -0.4 is 5.32 Å². The number of carbonyl (C=O) groups is 1. The lowest BCUT2D eigenvalue weighted by molar-refractivity contribution is -0.134. The average Bonchev–Trinajstić information content (AvgIpc) is 2.87. The number of hydrogen-bond donors (Lipinski definition) is 1. The first kappa shape index (κ1) is 27.2. The lowest BCUT2D eigenvalue weighted by atomic mass is 9.78. The number of nitrogens with one attached hydrogen (secondary N) is 1. The van der Waals surface area contributed by atoms with E-state index in [4.69, 9.17) is 4.74 Å². The molecule has 0 bridgehead atoms. The predicted molar refractivity (Wildman–Crippen MR) is 142 cm³/mol. The molecule has 1 aromatic rings. The highest BCUT2D eigenvalue weighted by atomic mass is 16.5. The SMILES string of the molecule is CCOCCCCC(c1ccccc1)C1CCCN(C(=O)C[C@H](CNC)CC2CCCCC2)C1. The zero-order valence-corrected chi connectivity index (χ0v) is 22.0. The van der Waals surface area contributed by atoms with Crippen molar-refractivity contribution in [2.45, 2.75) is 89.9 Å². The van der Waals surface area contributed by atoms with Gasteiger partial charge in [0, 0.05) is 32.7 Å². The quantitative estimate of drug-likeness (QED) is 0.319. The molecule has 1 aromatic carbocycles. The number of benzene rings is 1. The van der Waals surface area contributed by atoms with E-state index in [1.165, 1.54) is 63.4 Å². The average molecular weight is 471 g/mol. The van der Waals surface area contributed by atoms with Gasteiger partial charge in [-0.3, -0.25) is 4.79 Å². The molecule has 1 amide bonds. The molecule has 2 aliphatic rings. The Morgan fingerprint density at radius 1 is 1.09 bits per heavy atom. The third-order valence-corrected chi connectivity index (χ3v) is 8.21. The van der Waals surface area contributed by atoms with E-state index in [1.807, 2.05) is 7.05 Å². The summed E-state index contributed by atoms with van der Waals surface area (Å²) in [6.45, 7) is 6.57. The second kappa shape index (κ2) is 15.6. The normalized spacial score (nSPS) is 21.4. The number of likely N-dealkylation sites (tertiary alicyclic amines) is 1. The molecular formula is C30H50N2O2. The van der Waals surface area contributed by atoms with Crippen molar-refractivity contribution in [3.8, 4) is 0 Å². The van der Waals surface area contributed by atoms with Gasteiger partial charge in [0.25, 0.3) is 0 Å². The van der Waals surface area contributed by atoms with Gasteiger partial charge in [0.15, 0.2) is 0 Å². The van der Waals surface area contributed by atoms with Crippen molar-refractivity contribution in [2.75, 3.05) is 39.9 Å². The third-order valence-electron chi connectivity index (χ3n) is 8.21. The number of carbonyl (C=O) groups excluding carboxylic acids is 1. The van der Waals surface area contributed by atoms with Crippen LogP contribution in [0.4, 0.5) is 0 Å². The minimum atomic E-state index is 0.393. The Balaban J connectivity index is 1.58. The van der Waals surface area contributed by atoms with E-state index in [0.717, 1.165) is 51.6 Å². The summed E-state index contributed by atoms with van der Waals surface area (Å²) < 4.78 is 5.57. The highest BCUT2D eigenvalue weighted by Crippen LogP contribution is 2.36. The third kappa shape index (κ3) is 9.00. The van der Waals surface area contributed by atoms with Crippen LogP contribution in [0.1, 0.15) is 95.5 Å². The predicted octanol–water partition coefficient (Wildman–Crippen LogP) is 6.41. The summed E-state index contributed by atoms with van der Waals surface area (Å²) >= 11 is 0. The van der Waals surface area contributed by atoms with Crippen molar-refractivity contribution in [1.29, 1.82) is 0 Å². The molecule has 34 heavy (non-hydrogen) atoms. The molecule has 3 rings (SSSR count). The first-order valence-corrected chi connectivity index (χ1v) is 14.3. The lowest BCUT2D eigenvalue weighted by Gasteiger charge is -2.38. The van der Waals surface area contributed by atoms with Crippen LogP contribution in [0.2, 0.25) is 0 Å². The zero-order chi connectivity index (χ0) is 24.0. The van der Waals surface area contributed by atoms with Gasteiger partial charge in [0.1, 0.15) is 0 Å². The molecule has 0 spiro atoms. The summed E-state index contributed by atoms with van der Waals surface area (Å²) in [5.41, 5.74) is 1.45. The Hall–Kier alpha value is -1.39. The molecule has 2 unspecified atom stereocenters. The standard InChI is InChI=1S/C30H50N2O2/c1-3-34-20-11-10-18-29(27-15-8-5-9-16-27)28-17-12-19-32(24-28)30(33)22-26(23-31-2)21-25-13-6-4-7-14-25/h5,8-9,15-16,25-26,28-29,31H,3-4,6-7,10-14,17-24H2,1-2H3/t26-,28?,29?/m1/s1. The molecule has 3 atom stereocenters. The van der Waals surface area contributed by atoms with Crippen LogP contribution in [0.25, 0.3) is 0 Å². The molecule has 0 radical (unpaired) electrons. The largest absolute Gasteiger partial charge is 0.382 e. The molecule has 1 aliphatic carbocycles. The van der Waals surface area contributed by atoms with Gasteiger partial charge >= 0.3 is 0 Å². The van der Waals surface area contributed by atoms with E-state index >= 15 is 0 Å². The summed E-state index contributed by atoms with van der Waals surface area (Å²) in [4.78, 5) is 15.7. The summed E-state index contributed by atoms with van der Waals surface area (Å²) in [7, 11) is 2.03. The summed E-state index contributed by atoms with van der Waals surface area (Å²) in [5, 5.41) is 3.37. The fourth-order valence-electron chi connectivity index (χ4n) is 6.45. The van der Waals surface area contributed by atoms with E-state index in [2.05, 4.69) is 47.5 Å². The van der Waals surface area contributed by atoms with E-state index < -0.39 is 0 Å². The number of ether oxygens (including phenoxy) is 1. The van der Waals surface area contributed by atoms with Gasteiger partial charge in [-0.05, 0) is 81.9 Å². The highest BCUT2D eigenvalue weighted by molar-refractivity contribution is 5.76.